The maximum Gasteiger partial charge on any atom is 0.183 e. The van der Waals surface area contributed by atoms with Crippen molar-refractivity contribution in [2.75, 3.05) is 11.9 Å². The van der Waals surface area contributed by atoms with E-state index in [-0.39, 0.29) is 0 Å². The molecule has 0 aliphatic heterocycles. The molecule has 100 valence electrons. The van der Waals surface area contributed by atoms with Crippen LogP contribution >= 0.6 is 11.3 Å². The van der Waals surface area contributed by atoms with Gasteiger partial charge in [-0.3, -0.25) is 0 Å². The van der Waals surface area contributed by atoms with Crippen molar-refractivity contribution in [2.45, 2.75) is 32.6 Å². The zero-order chi connectivity index (χ0) is 12.8. The van der Waals surface area contributed by atoms with Gasteiger partial charge in [0.1, 0.15) is 0 Å². The minimum absolute atomic E-state index is 0.895. The molecule has 2 saturated carbocycles. The summed E-state index contributed by atoms with van der Waals surface area (Å²) in [7, 11) is 0. The topological polar surface area (TPSA) is 24.9 Å². The number of aryl methyl sites for hydroxylation is 1. The molecule has 1 aromatic carbocycles. The SMILES string of the molecule is Cc1cccc2sc(NCC3CC4CCC3C4)nc12. The van der Waals surface area contributed by atoms with E-state index in [4.69, 9.17) is 4.98 Å². The van der Waals surface area contributed by atoms with Crippen LogP contribution in [0.1, 0.15) is 31.2 Å². The first-order chi connectivity index (χ1) is 9.29. The third-order valence-corrected chi connectivity index (χ3v) is 6.00. The standard InChI is InChI=1S/C16H20N2S/c1-10-3-2-4-14-15(10)18-16(19-14)17-9-13-8-11-5-6-12(13)7-11/h2-4,11-13H,5-9H2,1H3,(H,17,18). The highest BCUT2D eigenvalue weighted by Crippen LogP contribution is 2.48. The molecule has 19 heavy (non-hydrogen) atoms. The lowest BCUT2D eigenvalue weighted by atomic mass is 9.89. The van der Waals surface area contributed by atoms with Crippen LogP contribution in [0, 0.1) is 24.7 Å². The van der Waals surface area contributed by atoms with Crippen LogP contribution in [-0.4, -0.2) is 11.5 Å². The van der Waals surface area contributed by atoms with Crippen molar-refractivity contribution in [3.63, 3.8) is 0 Å². The number of hydrogen-bond donors (Lipinski definition) is 1. The lowest BCUT2D eigenvalue weighted by Gasteiger charge is -2.21. The Balaban J connectivity index is 1.48. The van der Waals surface area contributed by atoms with Crippen molar-refractivity contribution in [2.24, 2.45) is 17.8 Å². The fourth-order valence-corrected chi connectivity index (χ4v) is 4.96. The van der Waals surface area contributed by atoms with Crippen molar-refractivity contribution < 1.29 is 0 Å². The van der Waals surface area contributed by atoms with Crippen LogP contribution in [0.5, 0.6) is 0 Å². The summed E-state index contributed by atoms with van der Waals surface area (Å²) in [5.74, 6) is 2.93. The predicted octanol–water partition coefficient (Wildman–Crippen LogP) is 4.45. The number of thiazole rings is 1. The summed E-state index contributed by atoms with van der Waals surface area (Å²) in [6.45, 7) is 3.27. The number of fused-ring (bicyclic) bond motifs is 3. The highest BCUT2D eigenvalue weighted by Gasteiger charge is 2.39. The quantitative estimate of drug-likeness (QED) is 0.892. The van der Waals surface area contributed by atoms with Crippen LogP contribution in [0.2, 0.25) is 0 Å². The second-order valence-corrected chi connectivity index (χ2v) is 7.29. The second kappa shape index (κ2) is 4.48. The normalized spacial score (nSPS) is 29.2. The number of rotatable bonds is 3. The average molecular weight is 272 g/mol. The van der Waals surface area contributed by atoms with E-state index in [2.05, 4.69) is 30.4 Å². The van der Waals surface area contributed by atoms with E-state index in [1.807, 2.05) is 0 Å². The summed E-state index contributed by atoms with van der Waals surface area (Å²) >= 11 is 1.79. The Hall–Kier alpha value is -1.09. The minimum atomic E-state index is 0.895. The molecule has 2 nitrogen and oxygen atoms in total. The van der Waals surface area contributed by atoms with Gasteiger partial charge >= 0.3 is 0 Å². The molecule has 0 amide bonds. The summed E-state index contributed by atoms with van der Waals surface area (Å²) in [5.41, 5.74) is 2.45. The van der Waals surface area contributed by atoms with Crippen LogP contribution in [-0.2, 0) is 0 Å². The lowest BCUT2D eigenvalue weighted by Crippen LogP contribution is -2.19. The van der Waals surface area contributed by atoms with Gasteiger partial charge in [0.15, 0.2) is 5.13 Å². The number of para-hydroxylation sites is 1. The summed E-state index contributed by atoms with van der Waals surface area (Å²) in [5, 5.41) is 4.70. The molecule has 0 radical (unpaired) electrons. The Morgan fingerprint density at radius 2 is 2.26 bits per heavy atom. The van der Waals surface area contributed by atoms with Crippen LogP contribution in [0.15, 0.2) is 18.2 Å². The number of nitrogens with zero attached hydrogens (tertiary/aromatic N) is 1. The highest BCUT2D eigenvalue weighted by molar-refractivity contribution is 7.22. The Morgan fingerprint density at radius 3 is 3.00 bits per heavy atom. The van der Waals surface area contributed by atoms with E-state index >= 15 is 0 Å². The average Bonchev–Trinajstić information content (AvgIpc) is 3.11. The fraction of sp³-hybridized carbons (Fsp3) is 0.562. The van der Waals surface area contributed by atoms with E-state index in [0.29, 0.717) is 0 Å². The summed E-state index contributed by atoms with van der Waals surface area (Å²) in [4.78, 5) is 4.74. The first-order valence-electron chi connectivity index (χ1n) is 7.39. The van der Waals surface area contributed by atoms with E-state index in [0.717, 1.165) is 29.4 Å². The van der Waals surface area contributed by atoms with Crippen molar-refractivity contribution >= 4 is 26.7 Å². The molecule has 1 N–H and O–H groups in total. The van der Waals surface area contributed by atoms with E-state index in [1.165, 1.54) is 41.5 Å². The predicted molar refractivity (Wildman–Crippen MR) is 81.8 cm³/mol. The van der Waals surface area contributed by atoms with Gasteiger partial charge in [-0.05, 0) is 55.6 Å². The van der Waals surface area contributed by atoms with Crippen LogP contribution in [0.4, 0.5) is 5.13 Å². The van der Waals surface area contributed by atoms with Gasteiger partial charge in [-0.1, -0.05) is 29.9 Å². The molecule has 2 aromatic rings. The van der Waals surface area contributed by atoms with Crippen LogP contribution in [0.3, 0.4) is 0 Å². The number of benzene rings is 1. The molecule has 0 spiro atoms. The summed E-state index contributed by atoms with van der Waals surface area (Å²) < 4.78 is 1.30. The third-order valence-electron chi connectivity index (χ3n) is 5.02. The summed E-state index contributed by atoms with van der Waals surface area (Å²) in [6, 6.07) is 6.43. The van der Waals surface area contributed by atoms with Gasteiger partial charge < -0.3 is 5.32 Å². The monoisotopic (exact) mass is 272 g/mol. The molecule has 3 heteroatoms. The maximum absolute atomic E-state index is 4.74. The van der Waals surface area contributed by atoms with E-state index < -0.39 is 0 Å². The van der Waals surface area contributed by atoms with Crippen LogP contribution in [0.25, 0.3) is 10.2 Å². The van der Waals surface area contributed by atoms with Crippen molar-refractivity contribution in [3.8, 4) is 0 Å². The largest absolute Gasteiger partial charge is 0.361 e. The third kappa shape index (κ3) is 2.04. The smallest absolute Gasteiger partial charge is 0.183 e. The number of nitrogens with one attached hydrogen (secondary N) is 1. The second-order valence-electron chi connectivity index (χ2n) is 6.26. The van der Waals surface area contributed by atoms with E-state index in [1.54, 1.807) is 11.3 Å². The molecule has 3 unspecified atom stereocenters. The Morgan fingerprint density at radius 1 is 1.32 bits per heavy atom. The molecule has 1 aromatic heterocycles. The molecule has 0 saturated heterocycles. The number of aromatic nitrogens is 1. The zero-order valence-electron chi connectivity index (χ0n) is 11.4. The van der Waals surface area contributed by atoms with Gasteiger partial charge in [-0.2, -0.15) is 0 Å². The highest BCUT2D eigenvalue weighted by atomic mass is 32.1. The molecular formula is C16H20N2S. The Kier molecular flexibility index (Phi) is 2.76. The first-order valence-corrected chi connectivity index (χ1v) is 8.21. The molecule has 2 fully saturated rings. The first kappa shape index (κ1) is 11.7. The molecule has 4 rings (SSSR count). The van der Waals surface area contributed by atoms with Crippen molar-refractivity contribution in [1.29, 1.82) is 0 Å². The molecule has 2 aliphatic carbocycles. The van der Waals surface area contributed by atoms with Gasteiger partial charge in [-0.25, -0.2) is 4.98 Å². The van der Waals surface area contributed by atoms with Gasteiger partial charge in [0, 0.05) is 6.54 Å². The zero-order valence-corrected chi connectivity index (χ0v) is 12.2. The Bertz CT molecular complexity index is 604. The van der Waals surface area contributed by atoms with Gasteiger partial charge in [0.2, 0.25) is 0 Å². The molecule has 2 aliphatic rings. The minimum Gasteiger partial charge on any atom is -0.361 e. The molecule has 2 bridgehead atoms. The fourth-order valence-electron chi connectivity index (χ4n) is 4.01. The van der Waals surface area contributed by atoms with Gasteiger partial charge in [0.25, 0.3) is 0 Å². The Labute approximate surface area is 118 Å². The number of hydrogen-bond acceptors (Lipinski definition) is 3. The molecule has 1 heterocycles. The van der Waals surface area contributed by atoms with Crippen molar-refractivity contribution in [1.82, 2.24) is 4.98 Å². The lowest BCUT2D eigenvalue weighted by molar-refractivity contribution is 0.348. The van der Waals surface area contributed by atoms with Gasteiger partial charge in [0.05, 0.1) is 10.2 Å². The van der Waals surface area contributed by atoms with E-state index in [9.17, 15) is 0 Å². The molecule has 3 atom stereocenters. The van der Waals surface area contributed by atoms with Crippen LogP contribution < -0.4 is 5.32 Å². The maximum atomic E-state index is 4.74. The number of anilines is 1. The summed E-state index contributed by atoms with van der Waals surface area (Å²) in [6.07, 6.45) is 5.89. The van der Waals surface area contributed by atoms with Crippen molar-refractivity contribution in [3.05, 3.63) is 23.8 Å². The molecular weight excluding hydrogens is 252 g/mol. The van der Waals surface area contributed by atoms with Gasteiger partial charge in [-0.15, -0.1) is 0 Å².